The van der Waals surface area contributed by atoms with Gasteiger partial charge in [-0.05, 0) is 12.0 Å². The Bertz CT molecular complexity index is 379. The first kappa shape index (κ1) is 13.2. The fourth-order valence-corrected chi connectivity index (χ4v) is 1.48. The van der Waals surface area contributed by atoms with E-state index in [0.29, 0.717) is 19.4 Å². The molecule has 90 valence electrons. The van der Waals surface area contributed by atoms with Crippen LogP contribution in [0.25, 0.3) is 0 Å². The highest BCUT2D eigenvalue weighted by Crippen LogP contribution is 2.04. The molecule has 3 nitrogen and oxygen atoms in total. The molecule has 0 aliphatic carbocycles. The summed E-state index contributed by atoms with van der Waals surface area (Å²) in [5.41, 5.74) is 2.08. The van der Waals surface area contributed by atoms with Gasteiger partial charge >= 0.3 is 0 Å². The molecule has 0 spiro atoms. The highest BCUT2D eigenvalue weighted by atomic mass is 16.6. The largest absolute Gasteiger partial charge is 0.391 e. The fourth-order valence-electron chi connectivity index (χ4n) is 1.48. The number of benzene rings is 1. The third-order valence-corrected chi connectivity index (χ3v) is 2.33. The van der Waals surface area contributed by atoms with Crippen LogP contribution in [0, 0.1) is 11.3 Å². The van der Waals surface area contributed by atoms with Crippen molar-refractivity contribution >= 4 is 5.71 Å². The normalized spacial score (nSPS) is 10.9. The molecule has 0 N–H and O–H groups in total. The monoisotopic (exact) mass is 230 g/mol. The summed E-state index contributed by atoms with van der Waals surface area (Å²) in [6.45, 7) is 2.58. The molecule has 0 amide bonds. The first-order valence-corrected chi connectivity index (χ1v) is 5.95. The second kappa shape index (κ2) is 8.35. The van der Waals surface area contributed by atoms with Crippen LogP contribution in [0.15, 0.2) is 35.5 Å². The number of oxime groups is 1. The molecule has 1 aromatic rings. The Kier molecular flexibility index (Phi) is 6.50. The van der Waals surface area contributed by atoms with E-state index in [-0.39, 0.29) is 0 Å². The van der Waals surface area contributed by atoms with Crippen molar-refractivity contribution in [1.29, 1.82) is 5.26 Å². The molecule has 0 fully saturated rings. The van der Waals surface area contributed by atoms with Gasteiger partial charge in [-0.3, -0.25) is 0 Å². The van der Waals surface area contributed by atoms with Crippen molar-refractivity contribution in [1.82, 2.24) is 0 Å². The number of rotatable bonds is 7. The predicted octanol–water partition coefficient (Wildman–Crippen LogP) is 3.66. The lowest BCUT2D eigenvalue weighted by atomic mass is 10.1. The average Bonchev–Trinajstić information content (AvgIpc) is 2.37. The van der Waals surface area contributed by atoms with Gasteiger partial charge < -0.3 is 4.84 Å². The van der Waals surface area contributed by atoms with E-state index >= 15 is 0 Å². The van der Waals surface area contributed by atoms with Crippen molar-refractivity contribution in [2.24, 2.45) is 5.16 Å². The molecular formula is C14H18N2O. The van der Waals surface area contributed by atoms with Crippen LogP contribution in [0.4, 0.5) is 0 Å². The molecule has 0 radical (unpaired) electrons. The minimum absolute atomic E-state index is 0.487. The van der Waals surface area contributed by atoms with Crippen LogP contribution in [0.5, 0.6) is 0 Å². The Balaban J connectivity index is 2.41. The van der Waals surface area contributed by atoms with Crippen LogP contribution >= 0.6 is 0 Å². The van der Waals surface area contributed by atoms with Gasteiger partial charge in [-0.1, -0.05) is 48.8 Å². The average molecular weight is 230 g/mol. The quantitative estimate of drug-likeness (QED) is 0.530. The molecule has 0 aliphatic rings. The second-order valence-corrected chi connectivity index (χ2v) is 3.82. The van der Waals surface area contributed by atoms with E-state index < -0.39 is 0 Å². The summed E-state index contributed by atoms with van der Waals surface area (Å²) in [4.78, 5) is 5.31. The van der Waals surface area contributed by atoms with Gasteiger partial charge in [0.2, 0.25) is 0 Å². The van der Waals surface area contributed by atoms with Crippen LogP contribution < -0.4 is 0 Å². The van der Waals surface area contributed by atoms with E-state index in [1.54, 1.807) is 0 Å². The Morgan fingerprint density at radius 3 is 2.71 bits per heavy atom. The Morgan fingerprint density at radius 1 is 1.29 bits per heavy atom. The third kappa shape index (κ3) is 5.72. The lowest BCUT2D eigenvalue weighted by Gasteiger charge is -2.03. The lowest BCUT2D eigenvalue weighted by Crippen LogP contribution is -1.99. The van der Waals surface area contributed by atoms with Crippen molar-refractivity contribution in [2.75, 3.05) is 0 Å². The van der Waals surface area contributed by atoms with E-state index in [1.165, 1.54) is 0 Å². The minimum Gasteiger partial charge on any atom is -0.391 e. The summed E-state index contributed by atoms with van der Waals surface area (Å²) in [7, 11) is 0. The molecule has 0 heterocycles. The highest BCUT2D eigenvalue weighted by molar-refractivity contribution is 5.84. The van der Waals surface area contributed by atoms with Crippen molar-refractivity contribution < 1.29 is 4.84 Å². The van der Waals surface area contributed by atoms with Crippen molar-refractivity contribution in [3.8, 4) is 6.07 Å². The molecule has 0 saturated heterocycles. The van der Waals surface area contributed by atoms with E-state index in [2.05, 4.69) is 18.1 Å². The molecule has 0 bridgehead atoms. The van der Waals surface area contributed by atoms with Gasteiger partial charge in [0.25, 0.3) is 0 Å². The first-order valence-electron chi connectivity index (χ1n) is 5.95. The van der Waals surface area contributed by atoms with E-state index in [1.807, 2.05) is 30.3 Å². The highest BCUT2D eigenvalue weighted by Gasteiger charge is 1.99. The molecule has 1 rings (SSSR count). The van der Waals surface area contributed by atoms with Crippen LogP contribution in [-0.2, 0) is 11.4 Å². The van der Waals surface area contributed by atoms with Crippen molar-refractivity contribution in [3.63, 3.8) is 0 Å². The third-order valence-electron chi connectivity index (χ3n) is 2.33. The van der Waals surface area contributed by atoms with Crippen LogP contribution in [-0.4, -0.2) is 5.71 Å². The zero-order chi connectivity index (χ0) is 12.3. The molecule has 0 unspecified atom stereocenters. The van der Waals surface area contributed by atoms with Crippen LogP contribution in [0.1, 0.15) is 38.2 Å². The van der Waals surface area contributed by atoms with Crippen LogP contribution in [0.3, 0.4) is 0 Å². The SMILES string of the molecule is CCCC(CCC#N)=NOCc1ccccc1. The summed E-state index contributed by atoms with van der Waals surface area (Å²) in [6, 6.07) is 12.1. The van der Waals surface area contributed by atoms with Crippen LogP contribution in [0.2, 0.25) is 0 Å². The molecular weight excluding hydrogens is 212 g/mol. The zero-order valence-electron chi connectivity index (χ0n) is 10.2. The zero-order valence-corrected chi connectivity index (χ0v) is 10.2. The maximum atomic E-state index is 8.54. The summed E-state index contributed by atoms with van der Waals surface area (Å²) in [5, 5.41) is 12.7. The van der Waals surface area contributed by atoms with Gasteiger partial charge in [0, 0.05) is 12.8 Å². The Labute approximate surface area is 103 Å². The molecule has 17 heavy (non-hydrogen) atoms. The van der Waals surface area contributed by atoms with E-state index in [4.69, 9.17) is 10.1 Å². The lowest BCUT2D eigenvalue weighted by molar-refractivity contribution is 0.129. The summed E-state index contributed by atoms with van der Waals surface area (Å²) < 4.78 is 0. The second-order valence-electron chi connectivity index (χ2n) is 3.82. The topological polar surface area (TPSA) is 45.4 Å². The number of nitrogens with zero attached hydrogens (tertiary/aromatic N) is 2. The molecule has 0 atom stereocenters. The predicted molar refractivity (Wildman–Crippen MR) is 68.4 cm³/mol. The molecule has 0 saturated carbocycles. The van der Waals surface area contributed by atoms with Gasteiger partial charge in [-0.25, -0.2) is 0 Å². The molecule has 1 aromatic carbocycles. The van der Waals surface area contributed by atoms with Gasteiger partial charge in [-0.2, -0.15) is 5.26 Å². The smallest absolute Gasteiger partial charge is 0.142 e. The van der Waals surface area contributed by atoms with Gasteiger partial charge in [0.05, 0.1) is 11.8 Å². The summed E-state index contributed by atoms with van der Waals surface area (Å²) in [6.07, 6.45) is 3.14. The summed E-state index contributed by atoms with van der Waals surface area (Å²) >= 11 is 0. The number of hydrogen-bond acceptors (Lipinski definition) is 3. The minimum atomic E-state index is 0.487. The van der Waals surface area contributed by atoms with Gasteiger partial charge in [0.15, 0.2) is 0 Å². The van der Waals surface area contributed by atoms with E-state index in [0.717, 1.165) is 24.1 Å². The Hall–Kier alpha value is -1.82. The maximum absolute atomic E-state index is 8.54. The molecule has 3 heteroatoms. The molecule has 0 aliphatic heterocycles. The van der Waals surface area contributed by atoms with Gasteiger partial charge in [-0.15, -0.1) is 0 Å². The first-order chi connectivity index (χ1) is 8.36. The van der Waals surface area contributed by atoms with Crippen molar-refractivity contribution in [2.45, 2.75) is 39.2 Å². The fraction of sp³-hybridized carbons (Fsp3) is 0.429. The number of nitriles is 1. The standard InChI is InChI=1S/C14H18N2O/c1-2-7-14(10-6-11-15)16-17-12-13-8-4-3-5-9-13/h3-5,8-9H,2,6-7,10,12H2,1H3. The molecule has 0 aromatic heterocycles. The summed E-state index contributed by atoms with van der Waals surface area (Å²) in [5.74, 6) is 0. The number of hydrogen-bond donors (Lipinski definition) is 0. The van der Waals surface area contributed by atoms with E-state index in [9.17, 15) is 0 Å². The maximum Gasteiger partial charge on any atom is 0.142 e. The van der Waals surface area contributed by atoms with Gasteiger partial charge in [0.1, 0.15) is 6.61 Å². The van der Waals surface area contributed by atoms with Crippen molar-refractivity contribution in [3.05, 3.63) is 35.9 Å². The Morgan fingerprint density at radius 2 is 2.06 bits per heavy atom.